The molecule has 7 nitrogen and oxygen atoms in total. The summed E-state index contributed by atoms with van der Waals surface area (Å²) < 4.78 is 94.1. The summed E-state index contributed by atoms with van der Waals surface area (Å²) >= 11 is 0. The normalized spacial score (nSPS) is 15.4. The molecule has 0 fully saturated rings. The molecule has 0 saturated carbocycles. The van der Waals surface area contributed by atoms with E-state index in [-0.39, 0.29) is 22.9 Å². The van der Waals surface area contributed by atoms with Crippen LogP contribution in [0.25, 0.3) is 0 Å². The number of hydrogen-bond acceptors (Lipinski definition) is 5. The summed E-state index contributed by atoms with van der Waals surface area (Å²) in [5, 5.41) is 0. The summed E-state index contributed by atoms with van der Waals surface area (Å²) in [4.78, 5) is -0.244. The summed E-state index contributed by atoms with van der Waals surface area (Å²) in [6.07, 6.45) is -3.86. The highest BCUT2D eigenvalue weighted by molar-refractivity contribution is 7.92. The largest absolute Gasteiger partial charge is 0.573 e. The lowest BCUT2D eigenvalue weighted by molar-refractivity contribution is -0.274. The van der Waals surface area contributed by atoms with Gasteiger partial charge in [-0.15, -0.1) is 13.2 Å². The van der Waals surface area contributed by atoms with Gasteiger partial charge in [0.05, 0.1) is 10.6 Å². The predicted molar refractivity (Wildman–Crippen MR) is 109 cm³/mol. The van der Waals surface area contributed by atoms with Crippen LogP contribution in [0.5, 0.6) is 5.75 Å². The standard InChI is InChI=1S/C19H21F3N2O5S2/c1-2-11-30(25,26)24-10-9-14-3-4-16(12-15(14)13-24)23-31(27,28)18-7-5-17(6-8-18)29-19(20,21)22/h3-8,12,23H,2,9-11,13H2,1H3. The van der Waals surface area contributed by atoms with Gasteiger partial charge in [0.2, 0.25) is 10.0 Å². The van der Waals surface area contributed by atoms with E-state index >= 15 is 0 Å². The van der Waals surface area contributed by atoms with Gasteiger partial charge in [0.25, 0.3) is 10.0 Å². The van der Waals surface area contributed by atoms with Gasteiger partial charge in [-0.3, -0.25) is 4.72 Å². The third-order valence-corrected chi connectivity index (χ3v) is 8.08. The fraction of sp³-hybridized carbons (Fsp3) is 0.368. The monoisotopic (exact) mass is 478 g/mol. The number of sulfonamides is 2. The van der Waals surface area contributed by atoms with E-state index in [9.17, 15) is 30.0 Å². The lowest BCUT2D eigenvalue weighted by atomic mass is 10.0. The average Bonchev–Trinajstić information content (AvgIpc) is 2.66. The fourth-order valence-corrected chi connectivity index (χ4v) is 5.78. The number of fused-ring (bicyclic) bond motifs is 1. The van der Waals surface area contributed by atoms with Gasteiger partial charge in [-0.05, 0) is 60.4 Å². The molecule has 31 heavy (non-hydrogen) atoms. The topological polar surface area (TPSA) is 92.8 Å². The molecule has 0 bridgehead atoms. The van der Waals surface area contributed by atoms with E-state index in [0.717, 1.165) is 29.8 Å². The summed E-state index contributed by atoms with van der Waals surface area (Å²) in [5.74, 6) is -0.489. The lowest BCUT2D eigenvalue weighted by Crippen LogP contribution is -2.37. The molecule has 12 heteroatoms. The second-order valence-corrected chi connectivity index (χ2v) is 10.8. The quantitative estimate of drug-likeness (QED) is 0.658. The summed E-state index contributed by atoms with van der Waals surface area (Å²) in [5.41, 5.74) is 1.85. The van der Waals surface area contributed by atoms with E-state index < -0.39 is 32.2 Å². The van der Waals surface area contributed by atoms with E-state index in [1.54, 1.807) is 25.1 Å². The molecule has 0 unspecified atom stereocenters. The van der Waals surface area contributed by atoms with Crippen LogP contribution in [0.15, 0.2) is 47.4 Å². The highest BCUT2D eigenvalue weighted by atomic mass is 32.2. The zero-order chi connectivity index (χ0) is 22.9. The first-order chi connectivity index (χ1) is 14.4. The molecule has 0 atom stereocenters. The number of nitrogens with one attached hydrogen (secondary N) is 1. The fourth-order valence-electron chi connectivity index (χ4n) is 3.25. The van der Waals surface area contributed by atoms with Crippen molar-refractivity contribution in [2.75, 3.05) is 17.0 Å². The second kappa shape index (κ2) is 8.67. The zero-order valence-electron chi connectivity index (χ0n) is 16.5. The van der Waals surface area contributed by atoms with Crippen LogP contribution in [0.4, 0.5) is 18.9 Å². The van der Waals surface area contributed by atoms with Gasteiger partial charge in [0, 0.05) is 18.8 Å². The van der Waals surface area contributed by atoms with Crippen LogP contribution in [-0.4, -0.2) is 39.8 Å². The van der Waals surface area contributed by atoms with Crippen molar-refractivity contribution in [3.05, 3.63) is 53.6 Å². The molecular formula is C19H21F3N2O5S2. The van der Waals surface area contributed by atoms with Crippen molar-refractivity contribution >= 4 is 25.7 Å². The van der Waals surface area contributed by atoms with Crippen molar-refractivity contribution in [1.82, 2.24) is 4.31 Å². The molecule has 0 aliphatic carbocycles. The Labute approximate surface area is 178 Å². The maximum absolute atomic E-state index is 12.6. The molecule has 0 aromatic heterocycles. The molecule has 1 aliphatic heterocycles. The number of halogens is 3. The molecule has 1 N–H and O–H groups in total. The highest BCUT2D eigenvalue weighted by Gasteiger charge is 2.31. The van der Waals surface area contributed by atoms with E-state index in [4.69, 9.17) is 0 Å². The number of rotatable bonds is 7. The van der Waals surface area contributed by atoms with E-state index in [1.807, 2.05) is 0 Å². The molecule has 0 spiro atoms. The second-order valence-electron chi connectivity index (χ2n) is 7.01. The first-order valence-electron chi connectivity index (χ1n) is 9.38. The molecule has 0 saturated heterocycles. The van der Waals surface area contributed by atoms with Gasteiger partial charge in [0.15, 0.2) is 0 Å². The Morgan fingerprint density at radius 3 is 2.32 bits per heavy atom. The van der Waals surface area contributed by atoms with E-state index in [1.165, 1.54) is 4.31 Å². The number of alkyl halides is 3. The minimum absolute atomic E-state index is 0.0443. The van der Waals surface area contributed by atoms with Crippen molar-refractivity contribution in [3.63, 3.8) is 0 Å². The Morgan fingerprint density at radius 1 is 1.03 bits per heavy atom. The van der Waals surface area contributed by atoms with Crippen LogP contribution in [0.2, 0.25) is 0 Å². The van der Waals surface area contributed by atoms with Crippen molar-refractivity contribution in [2.24, 2.45) is 0 Å². The minimum Gasteiger partial charge on any atom is -0.406 e. The Bertz CT molecular complexity index is 1150. The number of hydrogen-bond donors (Lipinski definition) is 1. The van der Waals surface area contributed by atoms with Crippen LogP contribution < -0.4 is 9.46 Å². The van der Waals surface area contributed by atoms with Gasteiger partial charge in [-0.1, -0.05) is 13.0 Å². The molecule has 2 aromatic rings. The molecule has 0 radical (unpaired) electrons. The van der Waals surface area contributed by atoms with Gasteiger partial charge in [-0.25, -0.2) is 16.8 Å². The van der Waals surface area contributed by atoms with E-state index in [2.05, 4.69) is 9.46 Å². The third kappa shape index (κ3) is 5.89. The zero-order valence-corrected chi connectivity index (χ0v) is 18.1. The molecule has 1 aliphatic rings. The summed E-state index contributed by atoms with van der Waals surface area (Å²) in [6.45, 7) is 2.30. The van der Waals surface area contributed by atoms with Gasteiger partial charge < -0.3 is 4.74 Å². The molecule has 0 amide bonds. The first-order valence-corrected chi connectivity index (χ1v) is 12.5. The van der Waals surface area contributed by atoms with E-state index in [0.29, 0.717) is 24.9 Å². The van der Waals surface area contributed by atoms with Gasteiger partial charge in [0.1, 0.15) is 5.75 Å². The number of anilines is 1. The Kier molecular flexibility index (Phi) is 6.53. The van der Waals surface area contributed by atoms with Crippen LogP contribution >= 0.6 is 0 Å². The van der Waals surface area contributed by atoms with Crippen molar-refractivity contribution in [1.29, 1.82) is 0 Å². The lowest BCUT2D eigenvalue weighted by Gasteiger charge is -2.28. The van der Waals surface area contributed by atoms with Gasteiger partial charge >= 0.3 is 6.36 Å². The smallest absolute Gasteiger partial charge is 0.406 e. The molecule has 2 aromatic carbocycles. The first kappa shape index (κ1) is 23.4. The Morgan fingerprint density at radius 2 is 1.71 bits per heavy atom. The van der Waals surface area contributed by atoms with Gasteiger partial charge in [-0.2, -0.15) is 4.31 Å². The van der Waals surface area contributed by atoms with Crippen molar-refractivity contribution in [2.45, 2.75) is 37.6 Å². The predicted octanol–water partition coefficient (Wildman–Crippen LogP) is 3.48. The number of nitrogens with zero attached hydrogens (tertiary/aromatic N) is 1. The molecule has 170 valence electrons. The van der Waals surface area contributed by atoms with Crippen LogP contribution in [0, 0.1) is 0 Å². The van der Waals surface area contributed by atoms with Crippen molar-refractivity contribution in [3.8, 4) is 5.75 Å². The molecular weight excluding hydrogens is 457 g/mol. The minimum atomic E-state index is -4.87. The average molecular weight is 479 g/mol. The highest BCUT2D eigenvalue weighted by Crippen LogP contribution is 2.27. The Balaban J connectivity index is 1.77. The van der Waals surface area contributed by atoms with Crippen molar-refractivity contribution < 1.29 is 34.7 Å². The summed E-state index contributed by atoms with van der Waals surface area (Å²) in [6, 6.07) is 8.69. The summed E-state index contributed by atoms with van der Waals surface area (Å²) in [7, 11) is -7.45. The maximum Gasteiger partial charge on any atom is 0.573 e. The van der Waals surface area contributed by atoms with Crippen LogP contribution in [0.1, 0.15) is 24.5 Å². The molecule has 1 heterocycles. The van der Waals surface area contributed by atoms with Crippen LogP contribution in [0.3, 0.4) is 0 Å². The number of ether oxygens (including phenoxy) is 1. The van der Waals surface area contributed by atoms with Crippen LogP contribution in [-0.2, 0) is 33.0 Å². The Hall–Kier alpha value is -2.31. The SMILES string of the molecule is CCCS(=O)(=O)N1CCc2ccc(NS(=O)(=O)c3ccc(OC(F)(F)F)cc3)cc2C1. The third-order valence-electron chi connectivity index (χ3n) is 4.66. The molecule has 3 rings (SSSR count). The number of benzene rings is 2. The maximum atomic E-state index is 12.6.